The molecule has 0 unspecified atom stereocenters. The monoisotopic (exact) mass is 420 g/mol. The number of furan rings is 1. The van der Waals surface area contributed by atoms with Gasteiger partial charge in [-0.05, 0) is 48.8 Å². The largest absolute Gasteiger partial charge is 0.438 e. The Bertz CT molecular complexity index is 1110. The number of amides is 1. The second-order valence-electron chi connectivity index (χ2n) is 8.94. The Hall–Kier alpha value is -3.13. The van der Waals surface area contributed by atoms with Crippen LogP contribution in [0.2, 0.25) is 0 Å². The lowest BCUT2D eigenvalue weighted by Crippen LogP contribution is -2.46. The number of carbonyl (C=O) groups is 1. The second-order valence-corrected chi connectivity index (χ2v) is 8.94. The highest BCUT2D eigenvalue weighted by Crippen LogP contribution is 2.38. The van der Waals surface area contributed by atoms with Crippen molar-refractivity contribution < 1.29 is 9.21 Å². The van der Waals surface area contributed by atoms with Gasteiger partial charge < -0.3 is 26.1 Å². The first-order valence-electron chi connectivity index (χ1n) is 10.9. The molecule has 2 atom stereocenters. The Morgan fingerprint density at radius 3 is 2.87 bits per heavy atom. The number of carbonyl (C=O) groups excluding carboxylic acids is 1. The number of nitrogens with two attached hydrogens (primary N) is 2. The predicted molar refractivity (Wildman–Crippen MR) is 121 cm³/mol. The van der Waals surface area contributed by atoms with Gasteiger partial charge in [-0.25, -0.2) is 0 Å². The lowest BCUT2D eigenvalue weighted by atomic mass is 9.81. The number of nitrogens with zero attached hydrogens (tertiary/aromatic N) is 3. The minimum absolute atomic E-state index is 0.0739. The van der Waals surface area contributed by atoms with E-state index in [1.807, 2.05) is 18.3 Å². The minimum Gasteiger partial charge on any atom is -0.438 e. The molecule has 5 N–H and O–H groups in total. The summed E-state index contributed by atoms with van der Waals surface area (Å²) in [5.41, 5.74) is 16.3. The maximum atomic E-state index is 13.2. The summed E-state index contributed by atoms with van der Waals surface area (Å²) in [5, 5.41) is 2.97. The fourth-order valence-corrected chi connectivity index (χ4v) is 4.74. The zero-order valence-electron chi connectivity index (χ0n) is 17.7. The molecular formula is C23H28N6O2. The van der Waals surface area contributed by atoms with Crippen molar-refractivity contribution in [2.24, 2.45) is 11.7 Å². The van der Waals surface area contributed by atoms with Gasteiger partial charge in [-0.2, -0.15) is 0 Å². The summed E-state index contributed by atoms with van der Waals surface area (Å²) in [6.07, 6.45) is 9.78. The van der Waals surface area contributed by atoms with E-state index in [0.717, 1.165) is 30.8 Å². The van der Waals surface area contributed by atoms with Crippen LogP contribution in [0.25, 0.3) is 11.1 Å². The van der Waals surface area contributed by atoms with Crippen LogP contribution in [0.4, 0.5) is 17.3 Å². The first-order valence-corrected chi connectivity index (χ1v) is 10.9. The fraction of sp³-hybridized carbons (Fsp3) is 0.435. The van der Waals surface area contributed by atoms with E-state index in [0.29, 0.717) is 28.6 Å². The number of nitrogens with one attached hydrogen (secondary N) is 1. The van der Waals surface area contributed by atoms with Gasteiger partial charge in [0.25, 0.3) is 5.91 Å². The molecule has 1 aliphatic heterocycles. The normalized spacial score (nSPS) is 21.8. The van der Waals surface area contributed by atoms with Crippen LogP contribution in [0.5, 0.6) is 0 Å². The van der Waals surface area contributed by atoms with E-state index in [2.05, 4.69) is 27.1 Å². The average molecular weight is 421 g/mol. The molecule has 1 aliphatic carbocycles. The molecule has 8 nitrogen and oxygen atoms in total. The van der Waals surface area contributed by atoms with E-state index in [1.165, 1.54) is 19.3 Å². The molecule has 8 heteroatoms. The molecule has 1 saturated carbocycles. The molecule has 0 bridgehead atoms. The van der Waals surface area contributed by atoms with Crippen LogP contribution in [-0.4, -0.2) is 35.0 Å². The highest BCUT2D eigenvalue weighted by molar-refractivity contribution is 6.15. The van der Waals surface area contributed by atoms with Crippen molar-refractivity contribution in [3.63, 3.8) is 0 Å². The first kappa shape index (κ1) is 19.8. The van der Waals surface area contributed by atoms with Gasteiger partial charge in [0, 0.05) is 31.5 Å². The fourth-order valence-electron chi connectivity index (χ4n) is 4.74. The summed E-state index contributed by atoms with van der Waals surface area (Å²) in [5.74, 6) is 0.716. The number of piperidine rings is 1. The number of hydrogen-bond donors (Lipinski definition) is 3. The quantitative estimate of drug-likeness (QED) is 0.590. The smallest absolute Gasteiger partial charge is 0.263 e. The van der Waals surface area contributed by atoms with E-state index >= 15 is 0 Å². The SMILES string of the molecule is C[C@H]1C[C@@H](N)CN(c2ccncc2NC(=O)c2c(N)oc3cc(C4CCC4)cnc23)C1. The first-order chi connectivity index (χ1) is 15.0. The molecule has 1 saturated heterocycles. The Morgan fingerprint density at radius 2 is 2.13 bits per heavy atom. The van der Waals surface area contributed by atoms with E-state index in [9.17, 15) is 4.79 Å². The highest BCUT2D eigenvalue weighted by Gasteiger charge is 2.27. The van der Waals surface area contributed by atoms with Gasteiger partial charge in [0.15, 0.2) is 5.58 Å². The second kappa shape index (κ2) is 7.85. The number of hydrogen-bond acceptors (Lipinski definition) is 7. The summed E-state index contributed by atoms with van der Waals surface area (Å²) < 4.78 is 5.70. The number of pyridine rings is 2. The van der Waals surface area contributed by atoms with Crippen molar-refractivity contribution in [2.45, 2.75) is 44.6 Å². The Labute approximate surface area is 181 Å². The summed E-state index contributed by atoms with van der Waals surface area (Å²) in [6, 6.07) is 3.97. The molecule has 0 spiro atoms. The molecule has 31 heavy (non-hydrogen) atoms. The number of rotatable bonds is 4. The third kappa shape index (κ3) is 3.72. The maximum Gasteiger partial charge on any atom is 0.263 e. The number of aromatic nitrogens is 2. The lowest BCUT2D eigenvalue weighted by molar-refractivity contribution is 0.102. The van der Waals surface area contributed by atoms with E-state index < -0.39 is 0 Å². The third-order valence-electron chi connectivity index (χ3n) is 6.46. The molecule has 1 amide bonds. The van der Waals surface area contributed by atoms with Crippen molar-refractivity contribution in [1.82, 2.24) is 9.97 Å². The van der Waals surface area contributed by atoms with Crippen LogP contribution in [-0.2, 0) is 0 Å². The van der Waals surface area contributed by atoms with Gasteiger partial charge in [-0.1, -0.05) is 13.3 Å². The summed E-state index contributed by atoms with van der Waals surface area (Å²) in [4.78, 5) is 24.1. The van der Waals surface area contributed by atoms with Crippen molar-refractivity contribution >= 4 is 34.3 Å². The Morgan fingerprint density at radius 1 is 1.29 bits per heavy atom. The standard InChI is InChI=1S/C23H28N6O2/c1-13-7-16(24)12-29(11-13)18-5-6-26-10-17(18)28-23(30)20-21-19(31-22(20)25)8-15(9-27-21)14-3-2-4-14/h5-6,8-10,13-14,16H,2-4,7,11-12,24-25H2,1H3,(H,28,30)/t13-,16+/m0/s1. The minimum atomic E-state index is -0.358. The number of nitrogen functional groups attached to an aromatic ring is 1. The van der Waals surface area contributed by atoms with Gasteiger partial charge in [0.2, 0.25) is 5.88 Å². The molecule has 4 heterocycles. The van der Waals surface area contributed by atoms with Gasteiger partial charge in [0.1, 0.15) is 11.1 Å². The maximum absolute atomic E-state index is 13.2. The van der Waals surface area contributed by atoms with Crippen LogP contribution < -0.4 is 21.7 Å². The van der Waals surface area contributed by atoms with Gasteiger partial charge >= 0.3 is 0 Å². The van der Waals surface area contributed by atoms with E-state index in [-0.39, 0.29) is 23.4 Å². The van der Waals surface area contributed by atoms with Crippen LogP contribution in [0.1, 0.15) is 54.4 Å². The van der Waals surface area contributed by atoms with Crippen molar-refractivity contribution in [1.29, 1.82) is 0 Å². The molecule has 0 radical (unpaired) electrons. The summed E-state index contributed by atoms with van der Waals surface area (Å²) in [7, 11) is 0. The average Bonchev–Trinajstić information content (AvgIpc) is 3.01. The summed E-state index contributed by atoms with van der Waals surface area (Å²) >= 11 is 0. The van der Waals surface area contributed by atoms with Crippen LogP contribution in [0.15, 0.2) is 35.1 Å². The number of fused-ring (bicyclic) bond motifs is 1. The highest BCUT2D eigenvalue weighted by atomic mass is 16.3. The molecule has 5 rings (SSSR count). The number of anilines is 3. The lowest BCUT2D eigenvalue weighted by Gasteiger charge is -2.37. The van der Waals surface area contributed by atoms with Gasteiger partial charge in [-0.3, -0.25) is 14.8 Å². The summed E-state index contributed by atoms with van der Waals surface area (Å²) in [6.45, 7) is 3.80. The predicted octanol–water partition coefficient (Wildman–Crippen LogP) is 3.50. The van der Waals surface area contributed by atoms with Crippen LogP contribution >= 0.6 is 0 Å². The van der Waals surface area contributed by atoms with Crippen molar-refractivity contribution in [2.75, 3.05) is 29.0 Å². The molecule has 2 fully saturated rings. The Kier molecular flexibility index (Phi) is 5.02. The molecule has 3 aromatic heterocycles. The Balaban J connectivity index is 1.43. The van der Waals surface area contributed by atoms with Crippen molar-refractivity contribution in [3.05, 3.63) is 41.9 Å². The zero-order valence-corrected chi connectivity index (χ0v) is 17.7. The molecular weight excluding hydrogens is 392 g/mol. The van der Waals surface area contributed by atoms with E-state index in [1.54, 1.807) is 12.4 Å². The van der Waals surface area contributed by atoms with Gasteiger partial charge in [-0.15, -0.1) is 0 Å². The molecule has 0 aromatic carbocycles. The van der Waals surface area contributed by atoms with Gasteiger partial charge in [0.05, 0.1) is 17.6 Å². The molecule has 2 aliphatic rings. The molecule has 3 aromatic rings. The topological polar surface area (TPSA) is 123 Å². The van der Waals surface area contributed by atoms with Crippen LogP contribution in [0.3, 0.4) is 0 Å². The third-order valence-corrected chi connectivity index (χ3v) is 6.46. The zero-order chi connectivity index (χ0) is 21.5. The van der Waals surface area contributed by atoms with Crippen LogP contribution in [0, 0.1) is 5.92 Å². The van der Waals surface area contributed by atoms with E-state index in [4.69, 9.17) is 15.9 Å². The molecule has 162 valence electrons. The van der Waals surface area contributed by atoms with Crippen molar-refractivity contribution in [3.8, 4) is 0 Å².